The quantitative estimate of drug-likeness (QED) is 0.802. The number of nitrogens with zero attached hydrogens (tertiary/aromatic N) is 1. The van der Waals surface area contributed by atoms with E-state index in [1.165, 1.54) is 18.2 Å². The average molecular weight is 366 g/mol. The van der Waals surface area contributed by atoms with Gasteiger partial charge in [-0.1, -0.05) is 23.2 Å². The Labute approximate surface area is 137 Å². The minimum atomic E-state index is -4.01. The van der Waals surface area contributed by atoms with E-state index in [0.29, 0.717) is 0 Å². The number of rotatable bonds is 4. The van der Waals surface area contributed by atoms with E-state index in [4.69, 9.17) is 28.9 Å². The molecule has 3 N–H and O–H groups in total. The number of primary amides is 1. The fraction of sp³-hybridized carbons (Fsp3) is 0.333. The summed E-state index contributed by atoms with van der Waals surface area (Å²) < 4.78 is 26.3. The third kappa shape index (κ3) is 3.35. The third-order valence-electron chi connectivity index (χ3n) is 3.17. The number of nitrogens with two attached hydrogens (primary N) is 1. The summed E-state index contributed by atoms with van der Waals surface area (Å²) in [5, 5.41) is 2.80. The van der Waals surface area contributed by atoms with Crippen molar-refractivity contribution in [2.75, 3.05) is 13.1 Å². The number of amides is 2. The molecule has 1 aromatic rings. The Kier molecular flexibility index (Phi) is 4.96. The van der Waals surface area contributed by atoms with Gasteiger partial charge in [0.25, 0.3) is 0 Å². The van der Waals surface area contributed by atoms with Gasteiger partial charge in [0, 0.05) is 13.1 Å². The molecule has 1 saturated heterocycles. The maximum absolute atomic E-state index is 12.7. The maximum atomic E-state index is 12.7. The van der Waals surface area contributed by atoms with Crippen LogP contribution in [0.5, 0.6) is 0 Å². The van der Waals surface area contributed by atoms with Crippen LogP contribution in [0.3, 0.4) is 0 Å². The van der Waals surface area contributed by atoms with Crippen LogP contribution in [0, 0.1) is 0 Å². The van der Waals surface area contributed by atoms with Crippen molar-refractivity contribution < 1.29 is 18.0 Å². The highest BCUT2D eigenvalue weighted by Crippen LogP contribution is 2.28. The maximum Gasteiger partial charge on any atom is 0.243 e. The highest BCUT2D eigenvalue weighted by atomic mass is 35.5. The molecular formula is C12H13Cl2N3O4S. The lowest BCUT2D eigenvalue weighted by Gasteiger charge is -2.33. The third-order valence-corrected chi connectivity index (χ3v) is 5.82. The van der Waals surface area contributed by atoms with E-state index < -0.39 is 34.3 Å². The summed E-state index contributed by atoms with van der Waals surface area (Å²) in [5.74, 6) is -1.33. The SMILES string of the molecule is NC(=O)C[C@H]1C(=O)NCCN1S(=O)(=O)c1ccc(Cl)c(Cl)c1. The molecule has 0 radical (unpaired) electrons. The molecule has 1 atom stereocenters. The highest BCUT2D eigenvalue weighted by molar-refractivity contribution is 7.89. The molecule has 2 amide bonds. The molecule has 0 aliphatic carbocycles. The summed E-state index contributed by atoms with van der Waals surface area (Å²) in [6.45, 7) is 0.181. The van der Waals surface area contributed by atoms with E-state index in [-0.39, 0.29) is 28.0 Å². The number of piperazine rings is 1. The molecule has 2 rings (SSSR count). The summed E-state index contributed by atoms with van der Waals surface area (Å²) in [4.78, 5) is 22.9. The number of hydrogen-bond acceptors (Lipinski definition) is 4. The monoisotopic (exact) mass is 365 g/mol. The van der Waals surface area contributed by atoms with Crippen LogP contribution >= 0.6 is 23.2 Å². The summed E-state index contributed by atoms with van der Waals surface area (Å²) >= 11 is 11.6. The van der Waals surface area contributed by atoms with Crippen molar-refractivity contribution in [1.29, 1.82) is 0 Å². The van der Waals surface area contributed by atoms with E-state index >= 15 is 0 Å². The zero-order chi connectivity index (χ0) is 16.5. The first kappa shape index (κ1) is 17.0. The molecule has 1 aromatic carbocycles. The van der Waals surface area contributed by atoms with Crippen LogP contribution in [0.15, 0.2) is 23.1 Å². The van der Waals surface area contributed by atoms with Gasteiger partial charge in [-0.15, -0.1) is 0 Å². The van der Waals surface area contributed by atoms with Crippen molar-refractivity contribution in [2.45, 2.75) is 17.4 Å². The Morgan fingerprint density at radius 1 is 1.36 bits per heavy atom. The standard InChI is InChI=1S/C12H13Cl2N3O4S/c13-8-2-1-7(5-9(8)14)22(20,21)17-4-3-16-12(19)10(17)6-11(15)18/h1-2,5,10H,3-4,6H2,(H2,15,18)(H,16,19)/t10-/m0/s1. The summed E-state index contributed by atoms with van der Waals surface area (Å²) in [5.41, 5.74) is 5.09. The first-order chi connectivity index (χ1) is 10.2. The number of hydrogen-bond donors (Lipinski definition) is 2. The van der Waals surface area contributed by atoms with E-state index in [0.717, 1.165) is 4.31 Å². The zero-order valence-electron chi connectivity index (χ0n) is 11.3. The first-order valence-corrected chi connectivity index (χ1v) is 8.46. The summed E-state index contributed by atoms with van der Waals surface area (Å²) in [7, 11) is -4.01. The number of sulfonamides is 1. The largest absolute Gasteiger partial charge is 0.370 e. The lowest BCUT2D eigenvalue weighted by Crippen LogP contribution is -2.58. The molecule has 7 nitrogen and oxygen atoms in total. The lowest BCUT2D eigenvalue weighted by atomic mass is 10.1. The summed E-state index contributed by atoms with van der Waals surface area (Å²) in [6, 6.07) is 2.67. The molecule has 0 unspecified atom stereocenters. The molecule has 22 heavy (non-hydrogen) atoms. The Bertz CT molecular complexity index is 723. The fourth-order valence-corrected chi connectivity index (χ4v) is 4.12. The van der Waals surface area contributed by atoms with Crippen LogP contribution in [0.2, 0.25) is 10.0 Å². The number of halogens is 2. The Morgan fingerprint density at radius 3 is 2.64 bits per heavy atom. The highest BCUT2D eigenvalue weighted by Gasteiger charge is 2.39. The first-order valence-electron chi connectivity index (χ1n) is 6.26. The van der Waals surface area contributed by atoms with Gasteiger partial charge >= 0.3 is 0 Å². The van der Waals surface area contributed by atoms with Crippen LogP contribution in [-0.4, -0.2) is 43.7 Å². The summed E-state index contributed by atoms with van der Waals surface area (Å²) in [6.07, 6.45) is -0.396. The second-order valence-electron chi connectivity index (χ2n) is 4.67. The van der Waals surface area contributed by atoms with Gasteiger partial charge in [-0.2, -0.15) is 4.31 Å². The van der Waals surface area contributed by atoms with Crippen molar-refractivity contribution in [3.8, 4) is 0 Å². The van der Waals surface area contributed by atoms with Gasteiger partial charge in [0.1, 0.15) is 6.04 Å². The Hall–Kier alpha value is -1.35. The zero-order valence-corrected chi connectivity index (χ0v) is 13.6. The van der Waals surface area contributed by atoms with Gasteiger partial charge in [0.05, 0.1) is 21.4 Å². The van der Waals surface area contributed by atoms with E-state index in [1.807, 2.05) is 0 Å². The average Bonchev–Trinajstić information content (AvgIpc) is 2.43. The van der Waals surface area contributed by atoms with Gasteiger partial charge in [-0.3, -0.25) is 9.59 Å². The molecule has 0 bridgehead atoms. The van der Waals surface area contributed by atoms with Gasteiger partial charge in [0.2, 0.25) is 21.8 Å². The van der Waals surface area contributed by atoms with Crippen molar-refractivity contribution in [3.05, 3.63) is 28.2 Å². The number of carbonyl (C=O) groups excluding carboxylic acids is 2. The fourth-order valence-electron chi connectivity index (χ4n) is 2.14. The predicted molar refractivity (Wildman–Crippen MR) is 81.0 cm³/mol. The van der Waals surface area contributed by atoms with E-state index in [9.17, 15) is 18.0 Å². The number of nitrogens with one attached hydrogen (secondary N) is 1. The molecule has 1 aliphatic rings. The molecule has 0 aromatic heterocycles. The minimum absolute atomic E-state index is 0.0340. The molecule has 0 saturated carbocycles. The molecule has 1 heterocycles. The molecule has 0 spiro atoms. The number of benzene rings is 1. The molecule has 10 heteroatoms. The van der Waals surface area contributed by atoms with Gasteiger partial charge in [-0.25, -0.2) is 8.42 Å². The molecule has 1 aliphatic heterocycles. The van der Waals surface area contributed by atoms with Crippen LogP contribution in [0.1, 0.15) is 6.42 Å². The lowest BCUT2D eigenvalue weighted by molar-refractivity contribution is -0.130. The smallest absolute Gasteiger partial charge is 0.243 e. The predicted octanol–water partition coefficient (Wildman–Crippen LogP) is 0.358. The second-order valence-corrected chi connectivity index (χ2v) is 7.37. The van der Waals surface area contributed by atoms with Gasteiger partial charge in [0.15, 0.2) is 0 Å². The second kappa shape index (κ2) is 6.41. The van der Waals surface area contributed by atoms with E-state index in [1.54, 1.807) is 0 Å². The molecular weight excluding hydrogens is 353 g/mol. The van der Waals surface area contributed by atoms with Crippen molar-refractivity contribution in [2.24, 2.45) is 5.73 Å². The van der Waals surface area contributed by atoms with Crippen LogP contribution < -0.4 is 11.1 Å². The number of carbonyl (C=O) groups is 2. The normalized spacial score (nSPS) is 19.7. The van der Waals surface area contributed by atoms with Crippen molar-refractivity contribution >= 4 is 45.0 Å². The van der Waals surface area contributed by atoms with Crippen LogP contribution in [0.4, 0.5) is 0 Å². The van der Waals surface area contributed by atoms with E-state index in [2.05, 4.69) is 5.32 Å². The van der Waals surface area contributed by atoms with Crippen molar-refractivity contribution in [3.63, 3.8) is 0 Å². The Morgan fingerprint density at radius 2 is 2.05 bits per heavy atom. The van der Waals surface area contributed by atoms with Gasteiger partial charge in [-0.05, 0) is 18.2 Å². The van der Waals surface area contributed by atoms with Crippen molar-refractivity contribution in [1.82, 2.24) is 9.62 Å². The minimum Gasteiger partial charge on any atom is -0.370 e. The molecule has 120 valence electrons. The Balaban J connectivity index is 2.42. The van der Waals surface area contributed by atoms with Crippen LogP contribution in [0.25, 0.3) is 0 Å². The topological polar surface area (TPSA) is 110 Å². The molecule has 1 fully saturated rings. The van der Waals surface area contributed by atoms with Crippen LogP contribution in [-0.2, 0) is 19.6 Å². The van der Waals surface area contributed by atoms with Gasteiger partial charge < -0.3 is 11.1 Å².